The molecule has 1 saturated carbocycles. The van der Waals surface area contributed by atoms with Crippen molar-refractivity contribution in [3.8, 4) is 6.07 Å². The summed E-state index contributed by atoms with van der Waals surface area (Å²) in [5.41, 5.74) is 3.11. The molecule has 2 fully saturated rings. The van der Waals surface area contributed by atoms with Gasteiger partial charge < -0.3 is 9.47 Å². The first-order valence-corrected chi connectivity index (χ1v) is 10.6. The van der Waals surface area contributed by atoms with Crippen LogP contribution in [0.1, 0.15) is 77.3 Å². The highest BCUT2D eigenvalue weighted by Crippen LogP contribution is 2.49. The average Bonchev–Trinajstić information content (AvgIpc) is 3.13. The van der Waals surface area contributed by atoms with Gasteiger partial charge in [0.25, 0.3) is 0 Å². The summed E-state index contributed by atoms with van der Waals surface area (Å²) in [7, 11) is 0. The maximum atomic E-state index is 8.59. The Morgan fingerprint density at radius 1 is 1.25 bits per heavy atom. The molecule has 2 aliphatic rings. The lowest BCUT2D eigenvalue weighted by Crippen LogP contribution is -2.43. The first-order chi connectivity index (χ1) is 13.4. The number of unbranched alkanes of at least 4 members (excludes halogenated alkanes) is 1. The van der Waals surface area contributed by atoms with E-state index >= 15 is 0 Å². The zero-order valence-electron chi connectivity index (χ0n) is 18.3. The molecule has 0 amide bonds. The van der Waals surface area contributed by atoms with Crippen molar-refractivity contribution in [3.05, 3.63) is 29.3 Å². The minimum atomic E-state index is -0.200. The number of aryl methyl sites for hydroxylation is 1. The van der Waals surface area contributed by atoms with Crippen LogP contribution in [0.5, 0.6) is 0 Å². The van der Waals surface area contributed by atoms with Gasteiger partial charge in [-0.2, -0.15) is 5.26 Å². The van der Waals surface area contributed by atoms with Crippen molar-refractivity contribution in [2.45, 2.75) is 78.9 Å². The van der Waals surface area contributed by atoms with E-state index in [1.54, 1.807) is 12.3 Å². The van der Waals surface area contributed by atoms with Gasteiger partial charge in [0.05, 0.1) is 30.5 Å². The average molecular weight is 385 g/mol. The number of nitriles is 1. The fourth-order valence-corrected chi connectivity index (χ4v) is 4.18. The quantitative estimate of drug-likeness (QED) is 0.570. The molecule has 1 aliphatic heterocycles. The number of rotatable bonds is 4. The number of ether oxygens (including phenoxy) is 2. The first-order valence-electron chi connectivity index (χ1n) is 10.6. The van der Waals surface area contributed by atoms with Gasteiger partial charge in [0.15, 0.2) is 5.79 Å². The topological polar surface area (TPSA) is 54.6 Å². The maximum absolute atomic E-state index is 8.59. The maximum Gasteiger partial charge on any atom is 0.168 e. The van der Waals surface area contributed by atoms with Crippen LogP contribution in [0.15, 0.2) is 23.2 Å². The molecule has 1 unspecified atom stereocenters. The van der Waals surface area contributed by atoms with E-state index in [2.05, 4.69) is 31.8 Å². The molecule has 28 heavy (non-hydrogen) atoms. The highest BCUT2D eigenvalue weighted by molar-refractivity contribution is 5.63. The third kappa shape index (κ3) is 5.90. The fraction of sp³-hybridized carbons (Fsp3) is 0.667. The summed E-state index contributed by atoms with van der Waals surface area (Å²) >= 11 is 0. The van der Waals surface area contributed by atoms with E-state index in [1.165, 1.54) is 25.7 Å². The molecule has 4 nitrogen and oxygen atoms in total. The van der Waals surface area contributed by atoms with Crippen molar-refractivity contribution < 1.29 is 9.47 Å². The van der Waals surface area contributed by atoms with Gasteiger partial charge in [0.2, 0.25) is 0 Å². The van der Waals surface area contributed by atoms with E-state index in [-0.39, 0.29) is 5.79 Å². The lowest BCUT2D eigenvalue weighted by Gasteiger charge is -2.46. The fourth-order valence-electron chi connectivity index (χ4n) is 4.18. The summed E-state index contributed by atoms with van der Waals surface area (Å²) in [5, 5.41) is 8.59. The van der Waals surface area contributed by atoms with Gasteiger partial charge in [0.1, 0.15) is 0 Å². The van der Waals surface area contributed by atoms with Crippen molar-refractivity contribution in [1.29, 1.82) is 5.26 Å². The molecule has 1 spiro atoms. The van der Waals surface area contributed by atoms with Gasteiger partial charge in [0, 0.05) is 19.1 Å². The lowest BCUT2D eigenvalue weighted by molar-refractivity contribution is -0.205. The minimum Gasteiger partial charge on any atom is -0.348 e. The Morgan fingerprint density at radius 2 is 1.96 bits per heavy atom. The van der Waals surface area contributed by atoms with Crippen molar-refractivity contribution >= 4 is 11.9 Å². The van der Waals surface area contributed by atoms with E-state index < -0.39 is 0 Å². The summed E-state index contributed by atoms with van der Waals surface area (Å²) in [6, 6.07) is 7.55. The Labute approximate surface area is 171 Å². The predicted molar refractivity (Wildman–Crippen MR) is 115 cm³/mol. The van der Waals surface area contributed by atoms with Gasteiger partial charge >= 0.3 is 0 Å². The van der Waals surface area contributed by atoms with Gasteiger partial charge in [-0.05, 0) is 61.8 Å². The highest BCUT2D eigenvalue weighted by Gasteiger charge is 2.47. The van der Waals surface area contributed by atoms with Crippen LogP contribution in [0, 0.1) is 29.6 Å². The van der Waals surface area contributed by atoms with Crippen LogP contribution in [-0.2, 0) is 9.47 Å². The molecule has 0 bridgehead atoms. The molecule has 0 radical (unpaired) electrons. The summed E-state index contributed by atoms with van der Waals surface area (Å²) in [4.78, 5) is 4.15. The van der Waals surface area contributed by atoms with Gasteiger partial charge in [-0.15, -0.1) is 0 Å². The molecule has 4 heteroatoms. The smallest absolute Gasteiger partial charge is 0.168 e. The van der Waals surface area contributed by atoms with Crippen molar-refractivity contribution in [2.24, 2.45) is 16.3 Å². The van der Waals surface area contributed by atoms with Crippen molar-refractivity contribution in [2.75, 3.05) is 13.2 Å². The third-order valence-electron chi connectivity index (χ3n) is 6.13. The number of hydrogen-bond acceptors (Lipinski definition) is 4. The molecule has 3 rings (SSSR count). The standard InChI is InChI=1S/C14H26O2.C10H10N2/c1-4-5-6-12-11-14(15-9-10-16-14)8-7-13(12,2)3;1-3-12-10-5-4-9(7-11)6-8(10)2/h12H,4-11H2,1-3H3;3-6H,1-2H3. The lowest BCUT2D eigenvalue weighted by atomic mass is 9.65. The molecule has 1 aliphatic carbocycles. The van der Waals surface area contributed by atoms with Crippen LogP contribution in [-0.4, -0.2) is 25.2 Å². The van der Waals surface area contributed by atoms with Crippen LogP contribution in [0.25, 0.3) is 0 Å². The van der Waals surface area contributed by atoms with Crippen LogP contribution < -0.4 is 0 Å². The Hall–Kier alpha value is -1.70. The predicted octanol–water partition coefficient (Wildman–Crippen LogP) is 6.33. The van der Waals surface area contributed by atoms with E-state index in [0.717, 1.165) is 43.2 Å². The first kappa shape index (κ1) is 22.6. The molecule has 1 saturated heterocycles. The third-order valence-corrected chi connectivity index (χ3v) is 6.13. The summed E-state index contributed by atoms with van der Waals surface area (Å²) < 4.78 is 11.7. The van der Waals surface area contributed by atoms with Crippen molar-refractivity contribution in [1.82, 2.24) is 0 Å². The van der Waals surface area contributed by atoms with Crippen LogP contribution in [0.4, 0.5) is 5.69 Å². The number of benzene rings is 1. The monoisotopic (exact) mass is 384 g/mol. The van der Waals surface area contributed by atoms with E-state index in [9.17, 15) is 0 Å². The molecule has 1 aromatic rings. The normalized spacial score (nSPS) is 22.6. The molecular formula is C24H36N2O2. The van der Waals surface area contributed by atoms with Gasteiger partial charge in [-0.3, -0.25) is 4.99 Å². The summed E-state index contributed by atoms with van der Waals surface area (Å²) in [6.07, 6.45) is 9.14. The second kappa shape index (κ2) is 10.2. The summed E-state index contributed by atoms with van der Waals surface area (Å²) in [5.74, 6) is 0.563. The molecule has 0 N–H and O–H groups in total. The largest absolute Gasteiger partial charge is 0.348 e. The van der Waals surface area contributed by atoms with E-state index in [1.807, 2.05) is 26.0 Å². The van der Waals surface area contributed by atoms with E-state index in [0.29, 0.717) is 11.0 Å². The SMILES string of the molecule is CC=Nc1ccc(C#N)cc1C.CCCCC1CC2(CCC1(C)C)OCCO2. The number of hydrogen-bond donors (Lipinski definition) is 0. The Kier molecular flexibility index (Phi) is 8.22. The van der Waals surface area contributed by atoms with Gasteiger partial charge in [-0.25, -0.2) is 0 Å². The minimum absolute atomic E-state index is 0.200. The zero-order valence-corrected chi connectivity index (χ0v) is 18.3. The van der Waals surface area contributed by atoms with Crippen LogP contribution in [0.2, 0.25) is 0 Å². The molecule has 1 aromatic carbocycles. The number of nitrogens with zero attached hydrogens (tertiary/aromatic N) is 2. The molecule has 0 aromatic heterocycles. The van der Waals surface area contributed by atoms with Crippen molar-refractivity contribution in [3.63, 3.8) is 0 Å². The van der Waals surface area contributed by atoms with Crippen LogP contribution in [0.3, 0.4) is 0 Å². The highest BCUT2D eigenvalue weighted by atomic mass is 16.7. The molecule has 154 valence electrons. The molecule has 1 atom stereocenters. The molecule has 1 heterocycles. The van der Waals surface area contributed by atoms with Crippen LogP contribution >= 0.6 is 0 Å². The second-order valence-corrected chi connectivity index (χ2v) is 8.64. The van der Waals surface area contributed by atoms with Gasteiger partial charge in [-0.1, -0.05) is 33.6 Å². The second-order valence-electron chi connectivity index (χ2n) is 8.64. The Balaban J connectivity index is 0.000000209. The zero-order chi connectivity index (χ0) is 20.6. The Bertz CT molecular complexity index is 697. The van der Waals surface area contributed by atoms with E-state index in [4.69, 9.17) is 14.7 Å². The summed E-state index contributed by atoms with van der Waals surface area (Å²) in [6.45, 7) is 12.5. The molecular weight excluding hydrogens is 348 g/mol. The number of aliphatic imine (C=N–C) groups is 1. The Morgan fingerprint density at radius 3 is 2.54 bits per heavy atom.